The Bertz CT molecular complexity index is 6630. The number of sulfonamides is 2. The number of aromatic nitrogens is 8. The van der Waals surface area contributed by atoms with Crippen LogP contribution in [0, 0.1) is 0 Å². The van der Waals surface area contributed by atoms with E-state index in [1.807, 2.05) is 25.2 Å². The van der Waals surface area contributed by atoms with Crippen molar-refractivity contribution in [3.05, 3.63) is 247 Å². The molecule has 8 aliphatic rings. The van der Waals surface area contributed by atoms with Crippen LogP contribution in [-0.2, 0) is 74.3 Å². The Labute approximate surface area is 844 Å². The fourth-order valence-corrected chi connectivity index (χ4v) is 18.0. The lowest BCUT2D eigenvalue weighted by Gasteiger charge is -2.18. The van der Waals surface area contributed by atoms with Gasteiger partial charge in [-0.3, -0.25) is 24.0 Å². The first-order chi connectivity index (χ1) is 70.5. The van der Waals surface area contributed by atoms with Gasteiger partial charge in [-0.25, -0.2) is 65.1 Å². The number of ether oxygens (including phenoxy) is 12. The molecule has 12 heterocycles. The number of amides is 5. The minimum Gasteiger partial charge on any atom is -0.489 e. The van der Waals surface area contributed by atoms with Crippen LogP contribution in [-0.4, -0.2) is 293 Å². The van der Waals surface area contributed by atoms with Gasteiger partial charge in [0, 0.05) is 87.3 Å². The molecule has 5 amide bonds. The van der Waals surface area contributed by atoms with Gasteiger partial charge in [-0.1, -0.05) is 97.1 Å². The number of carbonyl (C=O) groups is 5. The van der Waals surface area contributed by atoms with Gasteiger partial charge in [-0.2, -0.15) is 8.61 Å². The van der Waals surface area contributed by atoms with Gasteiger partial charge in [0.2, 0.25) is 20.0 Å². The smallest absolute Gasteiger partial charge is 0.278 e. The second kappa shape index (κ2) is 53.2. The van der Waals surface area contributed by atoms with Crippen LogP contribution in [0.2, 0.25) is 0 Å². The maximum absolute atomic E-state index is 13.3. The Morgan fingerprint density at radius 2 is 0.623 bits per heavy atom. The number of likely N-dealkylation sites (N-methyl/N-ethyl adjacent to an activating group) is 3. The van der Waals surface area contributed by atoms with Gasteiger partial charge in [0.05, 0.1) is 189 Å². The molecule has 13 N–H and O–H groups in total. The molecular weight excluding hydrogens is 1950 g/mol. The van der Waals surface area contributed by atoms with E-state index in [-0.39, 0.29) is 126 Å². The molecule has 46 heteroatoms. The Kier molecular flexibility index (Phi) is 39.5. The summed E-state index contributed by atoms with van der Waals surface area (Å²) in [7, 11) is -4.45. The summed E-state index contributed by atoms with van der Waals surface area (Å²) in [5.41, 5.74) is 30.8. The number of rotatable bonds is 2. The Morgan fingerprint density at radius 3 is 0.979 bits per heavy atom. The number of nitrogens with one attached hydrogen (secondary N) is 5. The van der Waals surface area contributed by atoms with Crippen molar-refractivity contribution in [2.75, 3.05) is 224 Å². The average molecular weight is 2060 g/mol. The molecule has 8 aliphatic heterocycles. The summed E-state index contributed by atoms with van der Waals surface area (Å²) in [6.07, 6.45) is 6.13. The van der Waals surface area contributed by atoms with E-state index in [1.54, 1.807) is 152 Å². The summed E-state index contributed by atoms with van der Waals surface area (Å²) < 4.78 is 148. The number of benzene rings is 8. The van der Waals surface area contributed by atoms with E-state index in [4.69, 9.17) is 79.8 Å². The lowest BCUT2D eigenvalue weighted by Crippen LogP contribution is -2.30. The van der Waals surface area contributed by atoms with E-state index in [0.717, 1.165) is 5.56 Å². The summed E-state index contributed by atoms with van der Waals surface area (Å²) in [6, 6.07) is 52.1. The van der Waals surface area contributed by atoms with Crippen LogP contribution in [0.15, 0.2) is 228 Å². The second-order valence-electron chi connectivity index (χ2n) is 32.6. The summed E-state index contributed by atoms with van der Waals surface area (Å²) in [5, 5.41) is 13.6. The van der Waals surface area contributed by atoms with Crippen molar-refractivity contribution in [1.82, 2.24) is 58.7 Å². The molecule has 0 saturated carbocycles. The first kappa shape index (κ1) is 108. The van der Waals surface area contributed by atoms with Crippen molar-refractivity contribution in [3.8, 4) is 68.0 Å². The third-order valence-corrected chi connectivity index (χ3v) is 28.4. The molecule has 0 radical (unpaired) electrons. The summed E-state index contributed by atoms with van der Waals surface area (Å²) >= 11 is 0. The number of hydrogen-bond acceptors (Lipinski definition) is 36. The molecule has 8 aromatic carbocycles. The van der Waals surface area contributed by atoms with Crippen molar-refractivity contribution >= 4 is 105 Å². The molecule has 12 aromatic rings. The molecule has 770 valence electrons. The van der Waals surface area contributed by atoms with Gasteiger partial charge >= 0.3 is 0 Å². The first-order valence-electron chi connectivity index (χ1n) is 46.3. The van der Waals surface area contributed by atoms with Crippen LogP contribution in [0.3, 0.4) is 0 Å². The highest BCUT2D eigenvalue weighted by molar-refractivity contribution is 7.92. The maximum Gasteiger partial charge on any atom is 0.278 e. The van der Waals surface area contributed by atoms with Crippen molar-refractivity contribution in [1.29, 1.82) is 0 Å². The number of nitrogens with two attached hydrogens (primary N) is 4. The van der Waals surface area contributed by atoms with Crippen molar-refractivity contribution in [2.24, 2.45) is 0 Å². The second-order valence-corrected chi connectivity index (χ2v) is 39.0. The SMILES string of the molecule is CC1CCOCCOCCOc2ccccc2NC(=O)c2nc(cnc2N)-c2ccc(cc2)S1(=O)=O.CN1CCOCCOCCOc2ccccc2NC(=O)c2nc(cnc2N)-c2ccc(cc2)C1=O.CN1CCOCCOCCOc2ccccc2NC(=O)c2nc(cnc2N)-c2ccc(cc2)S1(=O)=O.CNCc1cccc2c1OCCOCCOCCN(C)S(=O)(=O)c1ccc(cc1)-c1cnc(N)c(n1)C(=O)N2. The van der Waals surface area contributed by atoms with Gasteiger partial charge in [0.25, 0.3) is 29.5 Å². The van der Waals surface area contributed by atoms with Crippen LogP contribution >= 0.6 is 0 Å². The topological polar surface area (TPSA) is 576 Å². The monoisotopic (exact) mass is 2060 g/mol. The highest BCUT2D eigenvalue weighted by Gasteiger charge is 2.29. The molecule has 146 heavy (non-hydrogen) atoms. The standard InChI is InChI=1S/C26H32N6O6S.C25H27N5O5.C25H28N4O6S.C24H27N5O6S/c1-28-16-19-4-3-5-21-24(19)38-15-14-37-13-12-36-11-10-32(2)39(34,35)20-8-6-18(7-9-20)22-17-29-25(27)23(30-22)26(33)31-21;1-30-10-11-33-12-13-34-14-15-35-21-5-3-2-4-19(21)29-24(31)22-23(26)27-16-20(28-22)17-6-8-18(9-7-17)25(30)32;1-17-10-11-33-12-13-34-14-15-35-22-5-3-2-4-20(22)29-25(30)23-24(26)27-16-21(28-23)18-6-8-19(9-7-18)36(17,31)32;1-29-10-11-33-12-13-34-14-15-35-21-5-3-2-4-19(21)28-24(30)22-23(25)26-16-20(27-22)17-6-8-18(9-7-17)36(29,31)32/h3-9,17,28H,10-16H2,1-2H3,(H2,27,29)(H,31,33);2-9,16H,10-15H2,1H3,(H2,26,27)(H,29,31);2-9,16-17H,10-15H2,1H3,(H2,26,27)(H,29,30);2-9,16H,10-15H2,1H3,(H2,25,26)(H,28,30). The average Bonchev–Trinajstić information content (AvgIpc) is 0.806. The first-order valence-corrected chi connectivity index (χ1v) is 50.7. The van der Waals surface area contributed by atoms with Crippen molar-refractivity contribution in [2.45, 2.75) is 39.8 Å². The lowest BCUT2D eigenvalue weighted by atomic mass is 10.1. The van der Waals surface area contributed by atoms with Crippen LogP contribution < -0.4 is 68.5 Å². The molecule has 16 bridgehead atoms. The normalized spacial score (nSPS) is 17.5. The predicted molar refractivity (Wildman–Crippen MR) is 544 cm³/mol. The van der Waals surface area contributed by atoms with Crippen LogP contribution in [0.4, 0.5) is 46.0 Å². The molecule has 0 spiro atoms. The fraction of sp³-hybridized carbons (Fsp3) is 0.310. The predicted octanol–water partition coefficient (Wildman–Crippen LogP) is 9.20. The zero-order chi connectivity index (χ0) is 104. The summed E-state index contributed by atoms with van der Waals surface area (Å²) in [6.45, 7) is 9.18. The zero-order valence-electron chi connectivity index (χ0n) is 80.8. The number of fused-ring (bicyclic) bond motifs is 52. The van der Waals surface area contributed by atoms with Gasteiger partial charge in [0.15, 0.2) is 55.9 Å². The highest BCUT2D eigenvalue weighted by Crippen LogP contribution is 2.35. The largest absolute Gasteiger partial charge is 0.489 e. The number of carbonyl (C=O) groups excluding carboxylic acids is 5. The van der Waals surface area contributed by atoms with E-state index < -0.39 is 58.8 Å². The molecule has 1 atom stereocenters. The minimum absolute atomic E-state index is 0.00291. The molecule has 43 nitrogen and oxygen atoms in total. The van der Waals surface area contributed by atoms with Gasteiger partial charge in [-0.05, 0) is 111 Å². The minimum atomic E-state index is -3.72. The Balaban J connectivity index is 0.000000163. The van der Waals surface area contributed by atoms with E-state index in [0.29, 0.717) is 202 Å². The number of nitrogen functional groups attached to an aromatic ring is 4. The Morgan fingerprint density at radius 1 is 0.336 bits per heavy atom. The molecule has 20 rings (SSSR count). The van der Waals surface area contributed by atoms with E-state index in [1.165, 1.54) is 83.9 Å². The van der Waals surface area contributed by atoms with Crippen LogP contribution in [0.25, 0.3) is 45.0 Å². The zero-order valence-corrected chi connectivity index (χ0v) is 83.3. The summed E-state index contributed by atoms with van der Waals surface area (Å²) in [4.78, 5) is 101. The van der Waals surface area contributed by atoms with Crippen molar-refractivity contribution < 1.29 is 106 Å². The van der Waals surface area contributed by atoms with Crippen LogP contribution in [0.5, 0.6) is 23.0 Å². The summed E-state index contributed by atoms with van der Waals surface area (Å²) in [5.74, 6) is -0.502. The maximum atomic E-state index is 13.3. The van der Waals surface area contributed by atoms with Gasteiger partial charge in [0.1, 0.15) is 49.4 Å². The van der Waals surface area contributed by atoms with Crippen LogP contribution in [0.1, 0.15) is 71.2 Å². The third-order valence-electron chi connectivity index (χ3n) is 22.4. The fourth-order valence-electron chi connectivity index (χ4n) is 14.3. The lowest BCUT2D eigenvalue weighted by molar-refractivity contribution is 0.0301. The molecule has 0 fully saturated rings. The molecular formula is C100H114N20O23S3. The molecule has 4 aromatic heterocycles. The number of sulfone groups is 1. The third kappa shape index (κ3) is 29.8. The number of hydrogen-bond donors (Lipinski definition) is 9. The van der Waals surface area contributed by atoms with E-state index >= 15 is 0 Å². The van der Waals surface area contributed by atoms with Gasteiger partial charge in [-0.15, -0.1) is 0 Å². The van der Waals surface area contributed by atoms with E-state index in [9.17, 15) is 49.2 Å². The van der Waals surface area contributed by atoms with Gasteiger partial charge < -0.3 is 111 Å². The Hall–Kier alpha value is -14.8. The highest BCUT2D eigenvalue weighted by atomic mass is 32.2. The number of nitrogens with zero attached hydrogens (tertiary/aromatic N) is 11. The molecule has 0 saturated heterocycles. The molecule has 0 aliphatic carbocycles. The molecule has 1 unspecified atom stereocenters. The van der Waals surface area contributed by atoms with E-state index in [2.05, 4.69) is 66.5 Å². The van der Waals surface area contributed by atoms with Crippen molar-refractivity contribution in [3.63, 3.8) is 0 Å². The number of anilines is 8. The number of para-hydroxylation sites is 7. The quantitative estimate of drug-likeness (QED) is 0.0728.